The second-order valence-electron chi connectivity index (χ2n) is 6.70. The zero-order chi connectivity index (χ0) is 18.6. The van der Waals surface area contributed by atoms with E-state index in [1.165, 1.54) is 0 Å². The van der Waals surface area contributed by atoms with Crippen molar-refractivity contribution in [3.8, 4) is 0 Å². The van der Waals surface area contributed by atoms with E-state index in [4.69, 9.17) is 10.6 Å². The first-order valence-corrected chi connectivity index (χ1v) is 9.00. The van der Waals surface area contributed by atoms with Crippen LogP contribution in [0.25, 0.3) is 10.8 Å². The summed E-state index contributed by atoms with van der Waals surface area (Å²) in [6.07, 6.45) is 2.58. The molecule has 0 bridgehead atoms. The van der Waals surface area contributed by atoms with Gasteiger partial charge in [0.2, 0.25) is 0 Å². The SMILES string of the molecule is NN=Cc1ccc2cc(C(=O)Nc3ccccc3)cc(C3CCOC3)c2c1. The molecule has 136 valence electrons. The molecule has 0 spiro atoms. The number of hydrogen-bond donors (Lipinski definition) is 2. The smallest absolute Gasteiger partial charge is 0.255 e. The number of hydrazone groups is 1. The fourth-order valence-electron chi connectivity index (χ4n) is 3.54. The standard InChI is InChI=1S/C22H21N3O2/c23-24-13-15-6-7-16-11-18(22(26)25-19-4-2-1-3-5-19)12-21(20(16)10-15)17-8-9-27-14-17/h1-7,10-13,17H,8-9,14,23H2,(H,25,26). The number of ether oxygens (including phenoxy) is 1. The maximum atomic E-state index is 12.8. The molecule has 0 radical (unpaired) electrons. The largest absolute Gasteiger partial charge is 0.381 e. The van der Waals surface area contributed by atoms with Crippen molar-refractivity contribution in [2.75, 3.05) is 18.5 Å². The van der Waals surface area contributed by atoms with Crippen molar-refractivity contribution in [1.29, 1.82) is 0 Å². The molecule has 3 aromatic carbocycles. The summed E-state index contributed by atoms with van der Waals surface area (Å²) in [7, 11) is 0. The fourth-order valence-corrected chi connectivity index (χ4v) is 3.54. The molecular weight excluding hydrogens is 338 g/mol. The van der Waals surface area contributed by atoms with Crippen LogP contribution < -0.4 is 11.2 Å². The summed E-state index contributed by atoms with van der Waals surface area (Å²) in [6.45, 7) is 1.42. The molecule has 0 aromatic heterocycles. The Kier molecular flexibility index (Phi) is 4.85. The zero-order valence-corrected chi connectivity index (χ0v) is 14.9. The van der Waals surface area contributed by atoms with E-state index in [1.807, 2.05) is 54.6 Å². The van der Waals surface area contributed by atoms with Crippen molar-refractivity contribution < 1.29 is 9.53 Å². The van der Waals surface area contributed by atoms with Crippen molar-refractivity contribution >= 4 is 28.6 Å². The average molecular weight is 359 g/mol. The van der Waals surface area contributed by atoms with Gasteiger partial charge in [-0.25, -0.2) is 0 Å². The number of rotatable bonds is 4. The van der Waals surface area contributed by atoms with Crippen LogP contribution in [0, 0.1) is 0 Å². The Labute approximate surface area is 157 Å². The van der Waals surface area contributed by atoms with Crippen LogP contribution in [0.2, 0.25) is 0 Å². The van der Waals surface area contributed by atoms with E-state index in [-0.39, 0.29) is 11.8 Å². The number of para-hydroxylation sites is 1. The lowest BCUT2D eigenvalue weighted by Gasteiger charge is -2.15. The summed E-state index contributed by atoms with van der Waals surface area (Å²) in [5.74, 6) is 5.46. The third kappa shape index (κ3) is 3.68. The Morgan fingerprint density at radius 1 is 1.15 bits per heavy atom. The van der Waals surface area contributed by atoms with E-state index in [9.17, 15) is 4.79 Å². The lowest BCUT2D eigenvalue weighted by Crippen LogP contribution is -2.13. The summed E-state index contributed by atoms with van der Waals surface area (Å²) in [5, 5.41) is 8.71. The van der Waals surface area contributed by atoms with Crippen molar-refractivity contribution in [2.24, 2.45) is 10.9 Å². The van der Waals surface area contributed by atoms with E-state index in [0.29, 0.717) is 12.2 Å². The third-order valence-electron chi connectivity index (χ3n) is 4.90. The fraction of sp³-hybridized carbons (Fsp3) is 0.182. The number of nitrogens with two attached hydrogens (primary N) is 1. The normalized spacial score (nSPS) is 16.8. The van der Waals surface area contributed by atoms with Crippen LogP contribution in [-0.2, 0) is 4.74 Å². The molecule has 1 aliphatic rings. The van der Waals surface area contributed by atoms with E-state index in [0.717, 1.165) is 40.6 Å². The van der Waals surface area contributed by atoms with Gasteiger partial charge >= 0.3 is 0 Å². The van der Waals surface area contributed by atoms with Gasteiger partial charge < -0.3 is 15.9 Å². The molecule has 1 amide bonds. The highest BCUT2D eigenvalue weighted by Gasteiger charge is 2.22. The van der Waals surface area contributed by atoms with Gasteiger partial charge in [0.25, 0.3) is 5.91 Å². The van der Waals surface area contributed by atoms with Crippen LogP contribution in [0.4, 0.5) is 5.69 Å². The van der Waals surface area contributed by atoms with Crippen molar-refractivity contribution in [1.82, 2.24) is 0 Å². The molecule has 4 rings (SSSR count). The van der Waals surface area contributed by atoms with Crippen LogP contribution in [0.5, 0.6) is 0 Å². The number of nitrogens with one attached hydrogen (secondary N) is 1. The third-order valence-corrected chi connectivity index (χ3v) is 4.90. The number of benzene rings is 3. The summed E-state index contributed by atoms with van der Waals surface area (Å²) in [4.78, 5) is 12.8. The second kappa shape index (κ2) is 7.60. The van der Waals surface area contributed by atoms with Gasteiger partial charge in [-0.15, -0.1) is 0 Å². The first-order chi connectivity index (χ1) is 13.2. The van der Waals surface area contributed by atoms with Crippen molar-refractivity contribution in [3.05, 3.63) is 77.4 Å². The number of hydrogen-bond acceptors (Lipinski definition) is 4. The maximum Gasteiger partial charge on any atom is 0.255 e. The zero-order valence-electron chi connectivity index (χ0n) is 14.9. The van der Waals surface area contributed by atoms with Crippen molar-refractivity contribution in [3.63, 3.8) is 0 Å². The molecule has 27 heavy (non-hydrogen) atoms. The maximum absolute atomic E-state index is 12.8. The van der Waals surface area contributed by atoms with E-state index >= 15 is 0 Å². The molecule has 1 aliphatic heterocycles. The minimum atomic E-state index is -0.115. The van der Waals surface area contributed by atoms with Crippen LogP contribution in [-0.4, -0.2) is 25.3 Å². The van der Waals surface area contributed by atoms with Gasteiger partial charge in [-0.2, -0.15) is 5.10 Å². The van der Waals surface area contributed by atoms with Gasteiger partial charge in [0.15, 0.2) is 0 Å². The molecule has 1 saturated heterocycles. The lowest BCUT2D eigenvalue weighted by atomic mass is 9.90. The number of nitrogens with zero attached hydrogens (tertiary/aromatic N) is 1. The second-order valence-corrected chi connectivity index (χ2v) is 6.70. The van der Waals surface area contributed by atoms with E-state index in [1.54, 1.807) is 6.21 Å². The molecule has 1 unspecified atom stereocenters. The van der Waals surface area contributed by atoms with Crippen LogP contribution >= 0.6 is 0 Å². The monoisotopic (exact) mass is 359 g/mol. The molecule has 3 aromatic rings. The summed E-state index contributed by atoms with van der Waals surface area (Å²) < 4.78 is 5.59. The number of carbonyl (C=O) groups is 1. The van der Waals surface area contributed by atoms with Gasteiger partial charge in [-0.3, -0.25) is 4.79 Å². The molecule has 0 saturated carbocycles. The molecule has 5 nitrogen and oxygen atoms in total. The quantitative estimate of drug-likeness (QED) is 0.421. The molecule has 1 fully saturated rings. The van der Waals surface area contributed by atoms with Gasteiger partial charge in [-0.05, 0) is 58.7 Å². The average Bonchev–Trinajstić information content (AvgIpc) is 3.23. The Morgan fingerprint density at radius 3 is 2.74 bits per heavy atom. The Bertz CT molecular complexity index is 993. The number of fused-ring (bicyclic) bond motifs is 1. The Morgan fingerprint density at radius 2 is 2.00 bits per heavy atom. The number of amides is 1. The molecule has 1 heterocycles. The molecule has 1 atom stereocenters. The Hall–Kier alpha value is -3.18. The number of anilines is 1. The van der Waals surface area contributed by atoms with Crippen LogP contribution in [0.15, 0.2) is 65.8 Å². The summed E-state index contributed by atoms with van der Waals surface area (Å²) in [5.41, 5.74) is 3.50. The van der Waals surface area contributed by atoms with Crippen LogP contribution in [0.3, 0.4) is 0 Å². The highest BCUT2D eigenvalue weighted by atomic mass is 16.5. The van der Waals surface area contributed by atoms with Gasteiger partial charge in [0.1, 0.15) is 0 Å². The van der Waals surface area contributed by atoms with Gasteiger partial charge in [0, 0.05) is 23.8 Å². The predicted molar refractivity (Wildman–Crippen MR) is 108 cm³/mol. The van der Waals surface area contributed by atoms with E-state index < -0.39 is 0 Å². The summed E-state index contributed by atoms with van der Waals surface area (Å²) in [6, 6.07) is 19.4. The van der Waals surface area contributed by atoms with Gasteiger partial charge in [0.05, 0.1) is 12.8 Å². The first kappa shape index (κ1) is 17.2. The molecule has 0 aliphatic carbocycles. The lowest BCUT2D eigenvalue weighted by molar-refractivity contribution is 0.102. The Balaban J connectivity index is 1.77. The minimum absolute atomic E-state index is 0.115. The first-order valence-electron chi connectivity index (χ1n) is 9.00. The molecular formula is C22H21N3O2. The van der Waals surface area contributed by atoms with E-state index in [2.05, 4.69) is 16.5 Å². The van der Waals surface area contributed by atoms with Crippen LogP contribution in [0.1, 0.15) is 33.8 Å². The highest BCUT2D eigenvalue weighted by Crippen LogP contribution is 2.33. The highest BCUT2D eigenvalue weighted by molar-refractivity contribution is 6.07. The molecule has 3 N–H and O–H groups in total. The minimum Gasteiger partial charge on any atom is -0.381 e. The molecule has 5 heteroatoms. The van der Waals surface area contributed by atoms with Gasteiger partial charge in [-0.1, -0.05) is 30.3 Å². The number of carbonyl (C=O) groups excluding carboxylic acids is 1. The predicted octanol–water partition coefficient (Wildman–Crippen LogP) is 3.89. The van der Waals surface area contributed by atoms with Crippen molar-refractivity contribution in [2.45, 2.75) is 12.3 Å². The topological polar surface area (TPSA) is 76.7 Å². The summed E-state index contributed by atoms with van der Waals surface area (Å²) >= 11 is 0.